The topological polar surface area (TPSA) is 0 Å². The third-order valence-electron chi connectivity index (χ3n) is 1.98. The zero-order valence-electron chi connectivity index (χ0n) is 9.27. The molecule has 16 heavy (non-hydrogen) atoms. The summed E-state index contributed by atoms with van der Waals surface area (Å²) in [4.78, 5) is 0. The van der Waals surface area contributed by atoms with Crippen LogP contribution in [-0.4, -0.2) is 17.4 Å². The lowest BCUT2D eigenvalue weighted by molar-refractivity contribution is 1.11. The first-order valence-electron chi connectivity index (χ1n) is 5.33. The summed E-state index contributed by atoms with van der Waals surface area (Å²) in [5.41, 5.74) is 1.38. The van der Waals surface area contributed by atoms with E-state index in [1.165, 1.54) is 5.56 Å². The normalized spacial score (nSPS) is 12.3. The van der Waals surface area contributed by atoms with Gasteiger partial charge in [0.1, 0.15) is 0 Å². The minimum absolute atomic E-state index is 0.502. The van der Waals surface area contributed by atoms with Gasteiger partial charge in [0.15, 0.2) is 0 Å². The van der Waals surface area contributed by atoms with Gasteiger partial charge in [-0.3, -0.25) is 0 Å². The van der Waals surface area contributed by atoms with Crippen molar-refractivity contribution in [1.29, 1.82) is 0 Å². The van der Waals surface area contributed by atoms with Crippen molar-refractivity contribution in [2.24, 2.45) is 0 Å². The van der Waals surface area contributed by atoms with Crippen LogP contribution in [0.1, 0.15) is 16.6 Å². The first-order chi connectivity index (χ1) is 7.88. The molecule has 1 atom stereocenters. The molecule has 0 radical (unpaired) electrons. The van der Waals surface area contributed by atoms with Crippen molar-refractivity contribution in [2.45, 2.75) is 11.0 Å². The van der Waals surface area contributed by atoms with Crippen LogP contribution in [0.4, 0.5) is 0 Å². The number of rotatable bonds is 8. The van der Waals surface area contributed by atoms with E-state index in [-0.39, 0.29) is 0 Å². The molecule has 1 aromatic carbocycles. The Morgan fingerprint density at radius 1 is 1.25 bits per heavy atom. The lowest BCUT2D eigenvalue weighted by atomic mass is 10.2. The van der Waals surface area contributed by atoms with Crippen molar-refractivity contribution in [3.63, 3.8) is 0 Å². The van der Waals surface area contributed by atoms with E-state index in [4.69, 9.17) is 11.6 Å². The van der Waals surface area contributed by atoms with Gasteiger partial charge in [0.2, 0.25) is 0 Å². The highest BCUT2D eigenvalue weighted by molar-refractivity contribution is 8.16. The Kier molecular flexibility index (Phi) is 7.91. The quantitative estimate of drug-likeness (QED) is 0.284. The molecule has 0 N–H and O–H groups in total. The van der Waals surface area contributed by atoms with Gasteiger partial charge in [0.25, 0.3) is 0 Å². The molecule has 0 saturated carbocycles. The lowest BCUT2D eigenvalue weighted by Crippen LogP contribution is -1.92. The average molecular weight is 273 g/mol. The van der Waals surface area contributed by atoms with Gasteiger partial charge in [-0.15, -0.1) is 41.7 Å². The van der Waals surface area contributed by atoms with Crippen molar-refractivity contribution in [1.82, 2.24) is 0 Å². The molecule has 0 aliphatic heterocycles. The molecule has 0 fully saturated rings. The molecule has 0 spiro atoms. The largest absolute Gasteiger partial charge is 0.143 e. The molecule has 0 saturated heterocycles. The second-order valence-electron chi connectivity index (χ2n) is 3.28. The Hall–Kier alpha value is -0.0500. The first-order valence-corrected chi connectivity index (χ1v) is 7.96. The summed E-state index contributed by atoms with van der Waals surface area (Å²) in [6.07, 6.45) is 3.03. The van der Waals surface area contributed by atoms with Crippen molar-refractivity contribution in [3.05, 3.63) is 48.6 Å². The molecule has 1 unspecified atom stereocenters. The molecule has 1 aromatic rings. The van der Waals surface area contributed by atoms with E-state index in [2.05, 4.69) is 36.9 Å². The molecular weight excluding hydrogens is 256 g/mol. The van der Waals surface area contributed by atoms with Crippen LogP contribution in [0, 0.1) is 0 Å². The van der Waals surface area contributed by atoms with Crippen molar-refractivity contribution >= 4 is 35.1 Å². The fourth-order valence-electron chi connectivity index (χ4n) is 1.25. The van der Waals surface area contributed by atoms with Gasteiger partial charge in [0.05, 0.1) is 4.58 Å². The van der Waals surface area contributed by atoms with Gasteiger partial charge in [-0.05, 0) is 17.7 Å². The smallest absolute Gasteiger partial charge is 0.0754 e. The number of halogens is 1. The predicted octanol–water partition coefficient (Wildman–Crippen LogP) is 4.97. The molecule has 0 bridgehead atoms. The summed E-state index contributed by atoms with van der Waals surface area (Å²) < 4.78 is 0.502. The van der Waals surface area contributed by atoms with Crippen LogP contribution in [0.15, 0.2) is 43.0 Å². The van der Waals surface area contributed by atoms with Gasteiger partial charge < -0.3 is 0 Å². The summed E-state index contributed by atoms with van der Waals surface area (Å²) in [5, 5.41) is 0. The molecule has 0 heterocycles. The number of benzene rings is 1. The standard InChI is InChI=1S/C13H17ClS2/c1-2-10-15-13(16-11-6-9-14)12-7-4-3-5-8-12/h2-5,7-8,13H,1,6,9-11H2. The summed E-state index contributed by atoms with van der Waals surface area (Å²) in [6.45, 7) is 3.77. The van der Waals surface area contributed by atoms with Gasteiger partial charge in [-0.1, -0.05) is 36.4 Å². The Balaban J connectivity index is 2.52. The van der Waals surface area contributed by atoms with E-state index < -0.39 is 0 Å². The van der Waals surface area contributed by atoms with Gasteiger partial charge >= 0.3 is 0 Å². The highest BCUT2D eigenvalue weighted by Crippen LogP contribution is 2.39. The highest BCUT2D eigenvalue weighted by Gasteiger charge is 2.10. The molecular formula is C13H17ClS2. The third-order valence-corrected chi connectivity index (χ3v) is 5.17. The molecule has 0 aromatic heterocycles. The average Bonchev–Trinajstić information content (AvgIpc) is 2.35. The van der Waals surface area contributed by atoms with Crippen LogP contribution >= 0.6 is 35.1 Å². The van der Waals surface area contributed by atoms with E-state index >= 15 is 0 Å². The van der Waals surface area contributed by atoms with Crippen LogP contribution in [0.2, 0.25) is 0 Å². The van der Waals surface area contributed by atoms with E-state index in [1.54, 1.807) is 0 Å². The Morgan fingerprint density at radius 2 is 2.00 bits per heavy atom. The zero-order valence-corrected chi connectivity index (χ0v) is 11.7. The maximum Gasteiger partial charge on any atom is 0.0754 e. The maximum atomic E-state index is 5.70. The van der Waals surface area contributed by atoms with Gasteiger partial charge in [-0.2, -0.15) is 0 Å². The van der Waals surface area contributed by atoms with Crippen molar-refractivity contribution in [3.8, 4) is 0 Å². The van der Waals surface area contributed by atoms with Crippen molar-refractivity contribution in [2.75, 3.05) is 17.4 Å². The van der Waals surface area contributed by atoms with Gasteiger partial charge in [-0.25, -0.2) is 0 Å². The minimum Gasteiger partial charge on any atom is -0.143 e. The SMILES string of the molecule is C=CCSC(SCCCCl)c1ccccc1. The molecule has 0 amide bonds. The number of alkyl halides is 1. The summed E-state index contributed by atoms with van der Waals surface area (Å²) in [5.74, 6) is 2.86. The number of thioether (sulfide) groups is 2. The lowest BCUT2D eigenvalue weighted by Gasteiger charge is -2.15. The van der Waals surface area contributed by atoms with Crippen LogP contribution in [-0.2, 0) is 0 Å². The summed E-state index contributed by atoms with van der Waals surface area (Å²) >= 11 is 9.60. The molecule has 88 valence electrons. The summed E-state index contributed by atoms with van der Waals surface area (Å²) in [7, 11) is 0. The fraction of sp³-hybridized carbons (Fsp3) is 0.385. The minimum atomic E-state index is 0.502. The van der Waals surface area contributed by atoms with Crippen LogP contribution in [0.3, 0.4) is 0 Å². The third kappa shape index (κ3) is 5.33. The van der Waals surface area contributed by atoms with Crippen LogP contribution in [0.5, 0.6) is 0 Å². The molecule has 3 heteroatoms. The Morgan fingerprint density at radius 3 is 2.62 bits per heavy atom. The Labute approximate surface area is 112 Å². The number of hydrogen-bond acceptors (Lipinski definition) is 2. The van der Waals surface area contributed by atoms with Crippen LogP contribution in [0.25, 0.3) is 0 Å². The van der Waals surface area contributed by atoms with E-state index in [9.17, 15) is 0 Å². The number of hydrogen-bond donors (Lipinski definition) is 0. The monoisotopic (exact) mass is 272 g/mol. The van der Waals surface area contributed by atoms with Gasteiger partial charge in [0, 0.05) is 11.6 Å². The van der Waals surface area contributed by atoms with E-state index in [1.807, 2.05) is 29.6 Å². The predicted molar refractivity (Wildman–Crippen MR) is 79.6 cm³/mol. The first kappa shape index (κ1) is 14.0. The second-order valence-corrected chi connectivity index (χ2v) is 6.31. The van der Waals surface area contributed by atoms with E-state index in [0.29, 0.717) is 4.58 Å². The zero-order chi connectivity index (χ0) is 11.6. The fourth-order valence-corrected chi connectivity index (χ4v) is 3.99. The molecule has 0 aliphatic rings. The second kappa shape index (κ2) is 9.03. The van der Waals surface area contributed by atoms with Crippen molar-refractivity contribution < 1.29 is 0 Å². The molecule has 0 nitrogen and oxygen atoms in total. The van der Waals surface area contributed by atoms with E-state index in [0.717, 1.165) is 23.8 Å². The molecule has 0 aliphatic carbocycles. The maximum absolute atomic E-state index is 5.70. The Bertz CT molecular complexity index is 287. The van der Waals surface area contributed by atoms with Crippen LogP contribution < -0.4 is 0 Å². The highest BCUT2D eigenvalue weighted by atomic mass is 35.5. The molecule has 1 rings (SSSR count). The summed E-state index contributed by atoms with van der Waals surface area (Å²) in [6, 6.07) is 10.6.